The van der Waals surface area contributed by atoms with Gasteiger partial charge in [-0.3, -0.25) is 4.79 Å². The van der Waals surface area contributed by atoms with Gasteiger partial charge >= 0.3 is 0 Å². The third-order valence-electron chi connectivity index (χ3n) is 3.14. The largest absolute Gasteiger partial charge is 0.347 e. The lowest BCUT2D eigenvalue weighted by Crippen LogP contribution is -2.22. The van der Waals surface area contributed by atoms with Crippen LogP contribution in [0.25, 0.3) is 9.88 Å². The van der Waals surface area contributed by atoms with E-state index in [1.54, 1.807) is 46.9 Å². The zero-order chi connectivity index (χ0) is 15.5. The van der Waals surface area contributed by atoms with E-state index < -0.39 is 0 Å². The van der Waals surface area contributed by atoms with Crippen molar-refractivity contribution in [2.75, 3.05) is 0 Å². The Hall–Kier alpha value is -1.69. The molecule has 0 saturated carbocycles. The molecule has 3 nitrogen and oxygen atoms in total. The van der Waals surface area contributed by atoms with Crippen molar-refractivity contribution in [3.8, 4) is 9.88 Å². The Balaban J connectivity index is 1.69. The Morgan fingerprint density at radius 3 is 2.73 bits per heavy atom. The van der Waals surface area contributed by atoms with Crippen molar-refractivity contribution in [3.63, 3.8) is 0 Å². The minimum Gasteiger partial charge on any atom is -0.347 e. The standard InChI is InChI=1S/C16H13ClN2OS2/c1-10-14(22-16(19-10)13-3-2-8-21-13)9-18-15(20)11-4-6-12(17)7-5-11/h2-8H,9H2,1H3,(H,18,20). The molecule has 112 valence electrons. The van der Waals surface area contributed by atoms with Crippen LogP contribution in [0.3, 0.4) is 0 Å². The fourth-order valence-corrected chi connectivity index (χ4v) is 3.89. The Morgan fingerprint density at radius 1 is 1.27 bits per heavy atom. The molecule has 0 aliphatic rings. The summed E-state index contributed by atoms with van der Waals surface area (Å²) in [6, 6.07) is 10.9. The number of amides is 1. The maximum atomic E-state index is 12.1. The van der Waals surface area contributed by atoms with Gasteiger partial charge < -0.3 is 5.32 Å². The van der Waals surface area contributed by atoms with Crippen molar-refractivity contribution < 1.29 is 4.79 Å². The Bertz CT molecular complexity index is 779. The van der Waals surface area contributed by atoms with Gasteiger partial charge in [0, 0.05) is 15.5 Å². The lowest BCUT2D eigenvalue weighted by atomic mass is 10.2. The van der Waals surface area contributed by atoms with Gasteiger partial charge in [-0.05, 0) is 42.6 Å². The Kier molecular flexibility index (Phi) is 4.57. The van der Waals surface area contributed by atoms with Crippen molar-refractivity contribution in [2.24, 2.45) is 0 Å². The number of aryl methyl sites for hydroxylation is 1. The normalized spacial score (nSPS) is 10.6. The molecule has 2 aromatic heterocycles. The third kappa shape index (κ3) is 3.38. The van der Waals surface area contributed by atoms with E-state index in [0.717, 1.165) is 20.5 Å². The maximum Gasteiger partial charge on any atom is 0.251 e. The number of hydrogen-bond acceptors (Lipinski definition) is 4. The molecule has 3 aromatic rings. The molecule has 1 aromatic carbocycles. The lowest BCUT2D eigenvalue weighted by molar-refractivity contribution is 0.0951. The second kappa shape index (κ2) is 6.60. The second-order valence-electron chi connectivity index (χ2n) is 4.69. The molecular formula is C16H13ClN2OS2. The van der Waals surface area contributed by atoms with Gasteiger partial charge in [0.05, 0.1) is 17.1 Å². The number of thiazole rings is 1. The number of aromatic nitrogens is 1. The topological polar surface area (TPSA) is 42.0 Å². The maximum absolute atomic E-state index is 12.1. The van der Waals surface area contributed by atoms with Gasteiger partial charge in [-0.2, -0.15) is 0 Å². The zero-order valence-electron chi connectivity index (χ0n) is 11.8. The van der Waals surface area contributed by atoms with E-state index in [1.165, 1.54) is 0 Å². The van der Waals surface area contributed by atoms with Crippen LogP contribution in [0.15, 0.2) is 41.8 Å². The average Bonchev–Trinajstić information content (AvgIpc) is 3.15. The molecule has 0 unspecified atom stereocenters. The van der Waals surface area contributed by atoms with Crippen LogP contribution in [0.2, 0.25) is 5.02 Å². The number of benzene rings is 1. The summed E-state index contributed by atoms with van der Waals surface area (Å²) in [6.07, 6.45) is 0. The number of nitrogens with zero attached hydrogens (tertiary/aromatic N) is 1. The van der Waals surface area contributed by atoms with Crippen LogP contribution < -0.4 is 5.32 Å². The first kappa shape index (κ1) is 15.2. The van der Waals surface area contributed by atoms with Gasteiger partial charge in [0.25, 0.3) is 5.91 Å². The summed E-state index contributed by atoms with van der Waals surface area (Å²) in [5.74, 6) is -0.109. The number of halogens is 1. The number of rotatable bonds is 4. The fraction of sp³-hybridized carbons (Fsp3) is 0.125. The Morgan fingerprint density at radius 2 is 2.05 bits per heavy atom. The number of nitrogens with one attached hydrogen (secondary N) is 1. The van der Waals surface area contributed by atoms with E-state index in [1.807, 2.05) is 18.4 Å². The number of carbonyl (C=O) groups is 1. The summed E-state index contributed by atoms with van der Waals surface area (Å²) < 4.78 is 0. The van der Waals surface area contributed by atoms with Crippen molar-refractivity contribution in [1.82, 2.24) is 10.3 Å². The van der Waals surface area contributed by atoms with Crippen LogP contribution in [0, 0.1) is 6.92 Å². The molecule has 0 saturated heterocycles. The molecule has 1 amide bonds. The van der Waals surface area contributed by atoms with Crippen molar-refractivity contribution in [1.29, 1.82) is 0 Å². The number of hydrogen-bond donors (Lipinski definition) is 1. The van der Waals surface area contributed by atoms with E-state index in [2.05, 4.69) is 16.4 Å². The Labute approximate surface area is 141 Å². The van der Waals surface area contributed by atoms with Gasteiger partial charge in [-0.25, -0.2) is 4.98 Å². The molecule has 0 aliphatic heterocycles. The first-order valence-corrected chi connectivity index (χ1v) is 8.75. The molecule has 2 heterocycles. The van der Waals surface area contributed by atoms with E-state index in [4.69, 9.17) is 11.6 Å². The molecular weight excluding hydrogens is 336 g/mol. The molecule has 0 aliphatic carbocycles. The van der Waals surface area contributed by atoms with Crippen LogP contribution in [0.1, 0.15) is 20.9 Å². The van der Waals surface area contributed by atoms with E-state index in [0.29, 0.717) is 17.1 Å². The first-order chi connectivity index (χ1) is 10.6. The van der Waals surface area contributed by atoms with Crippen LogP contribution in [0.4, 0.5) is 0 Å². The van der Waals surface area contributed by atoms with Crippen LogP contribution >= 0.6 is 34.3 Å². The SMILES string of the molecule is Cc1nc(-c2cccs2)sc1CNC(=O)c1ccc(Cl)cc1. The molecule has 0 radical (unpaired) electrons. The van der Waals surface area contributed by atoms with Gasteiger partial charge in [-0.15, -0.1) is 22.7 Å². The van der Waals surface area contributed by atoms with Gasteiger partial charge in [0.2, 0.25) is 0 Å². The van der Waals surface area contributed by atoms with E-state index in [9.17, 15) is 4.79 Å². The number of carbonyl (C=O) groups excluding carboxylic acids is 1. The van der Waals surface area contributed by atoms with Gasteiger partial charge in [0.1, 0.15) is 5.01 Å². The average molecular weight is 349 g/mol. The third-order valence-corrected chi connectivity index (χ3v) is 5.59. The predicted molar refractivity (Wildman–Crippen MR) is 92.8 cm³/mol. The highest BCUT2D eigenvalue weighted by Gasteiger charge is 2.12. The minimum atomic E-state index is -0.109. The molecule has 0 atom stereocenters. The monoisotopic (exact) mass is 348 g/mol. The molecule has 0 bridgehead atoms. The highest BCUT2D eigenvalue weighted by molar-refractivity contribution is 7.21. The first-order valence-electron chi connectivity index (χ1n) is 6.67. The minimum absolute atomic E-state index is 0.109. The molecule has 0 fully saturated rings. The van der Waals surface area contributed by atoms with Crippen LogP contribution in [-0.2, 0) is 6.54 Å². The summed E-state index contributed by atoms with van der Waals surface area (Å²) in [5, 5.41) is 6.59. The van der Waals surface area contributed by atoms with E-state index in [-0.39, 0.29) is 5.91 Å². The molecule has 22 heavy (non-hydrogen) atoms. The lowest BCUT2D eigenvalue weighted by Gasteiger charge is -2.04. The highest BCUT2D eigenvalue weighted by Crippen LogP contribution is 2.30. The predicted octanol–water partition coefficient (Wildman–Crippen LogP) is 4.76. The summed E-state index contributed by atoms with van der Waals surface area (Å²) in [4.78, 5) is 18.9. The van der Waals surface area contributed by atoms with Gasteiger partial charge in [0.15, 0.2) is 0 Å². The van der Waals surface area contributed by atoms with Gasteiger partial charge in [-0.1, -0.05) is 17.7 Å². The quantitative estimate of drug-likeness (QED) is 0.738. The summed E-state index contributed by atoms with van der Waals surface area (Å²) >= 11 is 9.11. The zero-order valence-corrected chi connectivity index (χ0v) is 14.2. The summed E-state index contributed by atoms with van der Waals surface area (Å²) in [6.45, 7) is 2.45. The molecule has 0 spiro atoms. The second-order valence-corrected chi connectivity index (χ2v) is 7.16. The molecule has 1 N–H and O–H groups in total. The van der Waals surface area contributed by atoms with Crippen LogP contribution in [0.5, 0.6) is 0 Å². The van der Waals surface area contributed by atoms with Crippen LogP contribution in [-0.4, -0.2) is 10.9 Å². The van der Waals surface area contributed by atoms with E-state index >= 15 is 0 Å². The highest BCUT2D eigenvalue weighted by atomic mass is 35.5. The smallest absolute Gasteiger partial charge is 0.251 e. The fourth-order valence-electron chi connectivity index (χ4n) is 1.96. The molecule has 6 heteroatoms. The summed E-state index contributed by atoms with van der Waals surface area (Å²) in [7, 11) is 0. The number of thiophene rings is 1. The van der Waals surface area contributed by atoms with Crippen molar-refractivity contribution >= 4 is 40.2 Å². The van der Waals surface area contributed by atoms with Crippen molar-refractivity contribution in [3.05, 3.63) is 62.9 Å². The molecule has 3 rings (SSSR count). The summed E-state index contributed by atoms with van der Waals surface area (Å²) in [5.41, 5.74) is 1.56. The van der Waals surface area contributed by atoms with Crippen molar-refractivity contribution in [2.45, 2.75) is 13.5 Å².